The van der Waals surface area contributed by atoms with Crippen molar-refractivity contribution >= 4 is 28.7 Å². The highest BCUT2D eigenvalue weighted by molar-refractivity contribution is 7.98. The Morgan fingerprint density at radius 1 is 1.36 bits per heavy atom. The molecule has 0 aliphatic rings. The Hall–Kier alpha value is -1.40. The molecule has 2 aromatic rings. The number of hydrogen-bond acceptors (Lipinski definition) is 5. The highest BCUT2D eigenvalue weighted by Gasteiger charge is 2.04. The molecule has 5 nitrogen and oxygen atoms in total. The van der Waals surface area contributed by atoms with E-state index in [9.17, 15) is 0 Å². The highest BCUT2D eigenvalue weighted by Crippen LogP contribution is 2.21. The summed E-state index contributed by atoms with van der Waals surface area (Å²) < 4.78 is 0. The van der Waals surface area contributed by atoms with Crippen LogP contribution in [0.3, 0.4) is 0 Å². The summed E-state index contributed by atoms with van der Waals surface area (Å²) in [5, 5.41) is 1.82. The minimum Gasteiger partial charge on any atom is -0.412 e. The summed E-state index contributed by atoms with van der Waals surface area (Å²) >= 11 is 1.54. The van der Waals surface area contributed by atoms with E-state index in [1.54, 1.807) is 18.0 Å². The molecule has 0 saturated heterocycles. The third kappa shape index (κ3) is 1.75. The number of hydrogen-bond donors (Lipinski definition) is 1. The predicted octanol–water partition coefficient (Wildman–Crippen LogP) is 0.504. The number of anilines is 1. The molecule has 0 aliphatic carbocycles. The summed E-state index contributed by atoms with van der Waals surface area (Å²) in [5.74, 6) is 0.274. The van der Waals surface area contributed by atoms with Gasteiger partial charge in [0.2, 0.25) is 5.95 Å². The molecule has 0 saturated carbocycles. The molecule has 0 amide bonds. The summed E-state index contributed by atoms with van der Waals surface area (Å²) in [5.41, 5.74) is 6.18. The Balaban J connectivity index is 0.000000980. The molecular formula is C8H10N4OS. The molecule has 2 aromatic heterocycles. The number of thioether (sulfide) groups is 1. The van der Waals surface area contributed by atoms with Crippen molar-refractivity contribution in [2.45, 2.75) is 5.03 Å². The molecule has 0 bridgehead atoms. The third-order valence-electron chi connectivity index (χ3n) is 1.65. The zero-order chi connectivity index (χ0) is 9.26. The van der Waals surface area contributed by atoms with Gasteiger partial charge in [-0.3, -0.25) is 0 Å². The van der Waals surface area contributed by atoms with E-state index < -0.39 is 0 Å². The van der Waals surface area contributed by atoms with Crippen molar-refractivity contribution in [2.24, 2.45) is 0 Å². The fraction of sp³-hybridized carbons (Fsp3) is 0.125. The lowest BCUT2D eigenvalue weighted by atomic mass is 10.3. The van der Waals surface area contributed by atoms with Gasteiger partial charge in [0.05, 0.1) is 5.39 Å². The van der Waals surface area contributed by atoms with Crippen LogP contribution in [0.1, 0.15) is 0 Å². The summed E-state index contributed by atoms with van der Waals surface area (Å²) in [6, 6.07) is 3.80. The molecule has 2 heterocycles. The number of aromatic nitrogens is 3. The number of fused-ring (bicyclic) bond motifs is 1. The van der Waals surface area contributed by atoms with Crippen molar-refractivity contribution in [3.63, 3.8) is 0 Å². The minimum atomic E-state index is 0. The molecule has 74 valence electrons. The largest absolute Gasteiger partial charge is 0.412 e. The summed E-state index contributed by atoms with van der Waals surface area (Å²) in [7, 11) is 0. The molecule has 0 radical (unpaired) electrons. The van der Waals surface area contributed by atoms with E-state index in [0.717, 1.165) is 10.4 Å². The van der Waals surface area contributed by atoms with Gasteiger partial charge in [0.1, 0.15) is 5.03 Å². The summed E-state index contributed by atoms with van der Waals surface area (Å²) in [4.78, 5) is 12.2. The molecule has 0 aliphatic heterocycles. The molecule has 0 atom stereocenters. The first-order valence-electron chi connectivity index (χ1n) is 3.73. The maximum atomic E-state index is 5.52. The Morgan fingerprint density at radius 3 is 2.86 bits per heavy atom. The van der Waals surface area contributed by atoms with Gasteiger partial charge in [-0.05, 0) is 18.4 Å². The molecule has 0 aromatic carbocycles. The van der Waals surface area contributed by atoms with Gasteiger partial charge in [0, 0.05) is 6.20 Å². The van der Waals surface area contributed by atoms with Crippen molar-refractivity contribution in [3.05, 3.63) is 18.3 Å². The average molecular weight is 210 g/mol. The van der Waals surface area contributed by atoms with Gasteiger partial charge >= 0.3 is 0 Å². The highest BCUT2D eigenvalue weighted by atomic mass is 32.2. The quantitative estimate of drug-likeness (QED) is 0.546. The van der Waals surface area contributed by atoms with Gasteiger partial charge in [-0.2, -0.15) is 4.98 Å². The van der Waals surface area contributed by atoms with Crippen LogP contribution in [0, 0.1) is 0 Å². The van der Waals surface area contributed by atoms with E-state index in [2.05, 4.69) is 15.0 Å². The third-order valence-corrected chi connectivity index (χ3v) is 2.34. The second-order valence-electron chi connectivity index (χ2n) is 2.47. The summed E-state index contributed by atoms with van der Waals surface area (Å²) in [6.07, 6.45) is 3.65. The average Bonchev–Trinajstić information content (AvgIpc) is 2.16. The first-order chi connectivity index (χ1) is 6.31. The minimum absolute atomic E-state index is 0. The second-order valence-corrected chi connectivity index (χ2v) is 3.26. The molecule has 4 N–H and O–H groups in total. The normalized spacial score (nSPS) is 9.79. The lowest BCUT2D eigenvalue weighted by molar-refractivity contribution is 0.824. The predicted molar refractivity (Wildman–Crippen MR) is 57.1 cm³/mol. The molecule has 6 heteroatoms. The number of pyridine rings is 1. The lowest BCUT2D eigenvalue weighted by Gasteiger charge is -2.01. The van der Waals surface area contributed by atoms with Crippen LogP contribution in [0.2, 0.25) is 0 Å². The van der Waals surface area contributed by atoms with E-state index in [1.807, 2.05) is 18.4 Å². The molecule has 2 rings (SSSR count). The molecule has 0 spiro atoms. The Bertz CT molecular complexity index is 448. The Morgan fingerprint density at radius 2 is 2.14 bits per heavy atom. The zero-order valence-corrected chi connectivity index (χ0v) is 8.38. The maximum Gasteiger partial charge on any atom is 0.223 e. The SMILES string of the molecule is CSc1nc(N)nc2ncccc12.O. The van der Waals surface area contributed by atoms with Crippen LogP contribution in [-0.4, -0.2) is 26.7 Å². The van der Waals surface area contributed by atoms with Crippen LogP contribution in [0.25, 0.3) is 11.0 Å². The summed E-state index contributed by atoms with van der Waals surface area (Å²) in [6.45, 7) is 0. The van der Waals surface area contributed by atoms with Gasteiger partial charge in [-0.15, -0.1) is 11.8 Å². The zero-order valence-electron chi connectivity index (χ0n) is 7.56. The Kier molecular flexibility index (Phi) is 3.21. The molecule has 14 heavy (non-hydrogen) atoms. The fourth-order valence-electron chi connectivity index (χ4n) is 1.11. The van der Waals surface area contributed by atoms with E-state index in [-0.39, 0.29) is 11.4 Å². The lowest BCUT2D eigenvalue weighted by Crippen LogP contribution is -1.97. The van der Waals surface area contributed by atoms with Crippen molar-refractivity contribution in [2.75, 3.05) is 12.0 Å². The van der Waals surface area contributed by atoms with E-state index in [0.29, 0.717) is 5.65 Å². The van der Waals surface area contributed by atoms with Crippen LogP contribution in [0.15, 0.2) is 23.4 Å². The first kappa shape index (κ1) is 10.7. The Labute approximate surface area is 85.1 Å². The topological polar surface area (TPSA) is 96.2 Å². The van der Waals surface area contributed by atoms with Crippen molar-refractivity contribution in [3.8, 4) is 0 Å². The smallest absolute Gasteiger partial charge is 0.223 e. The fourth-order valence-corrected chi connectivity index (χ4v) is 1.67. The number of rotatable bonds is 1. The van der Waals surface area contributed by atoms with Crippen molar-refractivity contribution < 1.29 is 5.48 Å². The van der Waals surface area contributed by atoms with Crippen LogP contribution < -0.4 is 5.73 Å². The van der Waals surface area contributed by atoms with Crippen LogP contribution >= 0.6 is 11.8 Å². The number of nitrogens with two attached hydrogens (primary N) is 1. The number of nitrogen functional groups attached to an aromatic ring is 1. The van der Waals surface area contributed by atoms with E-state index in [4.69, 9.17) is 5.73 Å². The molecule has 0 unspecified atom stereocenters. The second kappa shape index (κ2) is 4.21. The van der Waals surface area contributed by atoms with Crippen molar-refractivity contribution in [1.82, 2.24) is 15.0 Å². The van der Waals surface area contributed by atoms with Crippen LogP contribution in [0.5, 0.6) is 0 Å². The maximum absolute atomic E-state index is 5.52. The van der Waals surface area contributed by atoms with Gasteiger partial charge < -0.3 is 11.2 Å². The van der Waals surface area contributed by atoms with Gasteiger partial charge in [0.15, 0.2) is 5.65 Å². The van der Waals surface area contributed by atoms with Gasteiger partial charge in [0.25, 0.3) is 0 Å². The molecular weight excluding hydrogens is 200 g/mol. The van der Waals surface area contributed by atoms with Crippen LogP contribution in [0.4, 0.5) is 5.95 Å². The molecule has 0 fully saturated rings. The van der Waals surface area contributed by atoms with Crippen molar-refractivity contribution in [1.29, 1.82) is 0 Å². The number of nitrogens with zero attached hydrogens (tertiary/aromatic N) is 3. The monoisotopic (exact) mass is 210 g/mol. The van der Waals surface area contributed by atoms with E-state index >= 15 is 0 Å². The first-order valence-corrected chi connectivity index (χ1v) is 4.96. The van der Waals surface area contributed by atoms with Crippen LogP contribution in [-0.2, 0) is 0 Å². The van der Waals surface area contributed by atoms with Gasteiger partial charge in [-0.1, -0.05) is 0 Å². The van der Waals surface area contributed by atoms with Gasteiger partial charge in [-0.25, -0.2) is 9.97 Å². The standard InChI is InChI=1S/C8H8N4S.H2O/c1-13-7-5-3-2-4-10-6(5)11-8(9)12-7;/h2-4H,1H3,(H2,9,10,11,12);1H2. The van der Waals surface area contributed by atoms with E-state index in [1.165, 1.54) is 0 Å².